The molecule has 1 aliphatic rings. The van der Waals surface area contributed by atoms with Gasteiger partial charge in [0.2, 0.25) is 5.91 Å². The molecule has 0 atom stereocenters. The van der Waals surface area contributed by atoms with Crippen LogP contribution in [-0.2, 0) is 14.8 Å². The number of nitrogens with zero attached hydrogens (tertiary/aromatic N) is 1. The zero-order valence-corrected chi connectivity index (χ0v) is 15.4. The lowest BCUT2D eigenvalue weighted by atomic mass is 10.1. The third-order valence-corrected chi connectivity index (χ3v) is 6.14. The highest BCUT2D eigenvalue weighted by Crippen LogP contribution is 2.41. The van der Waals surface area contributed by atoms with Crippen LogP contribution < -0.4 is 14.4 Å². The first kappa shape index (κ1) is 19.1. The van der Waals surface area contributed by atoms with Crippen molar-refractivity contribution in [2.75, 3.05) is 16.2 Å². The maximum Gasteiger partial charge on any atom is 0.573 e. The van der Waals surface area contributed by atoms with Gasteiger partial charge < -0.3 is 10.1 Å². The maximum absolute atomic E-state index is 12.9. The number of amides is 1. The lowest BCUT2D eigenvalue weighted by molar-refractivity contribution is -0.274. The van der Waals surface area contributed by atoms with Crippen LogP contribution in [0.2, 0.25) is 0 Å². The summed E-state index contributed by atoms with van der Waals surface area (Å²) in [5.41, 5.74) is 0.610. The Labute approximate surface area is 163 Å². The van der Waals surface area contributed by atoms with Gasteiger partial charge in [-0.2, -0.15) is 0 Å². The van der Waals surface area contributed by atoms with E-state index in [0.717, 1.165) is 21.8 Å². The number of ether oxygens (including phenoxy) is 1. The van der Waals surface area contributed by atoms with Crippen molar-refractivity contribution in [2.24, 2.45) is 0 Å². The molecule has 4 rings (SSSR count). The molecule has 1 aliphatic heterocycles. The molecule has 6 nitrogen and oxygen atoms in total. The number of hydrogen-bond donors (Lipinski definition) is 1. The van der Waals surface area contributed by atoms with Gasteiger partial charge in [-0.1, -0.05) is 24.3 Å². The molecule has 29 heavy (non-hydrogen) atoms. The quantitative estimate of drug-likeness (QED) is 0.692. The first-order valence-electron chi connectivity index (χ1n) is 8.35. The van der Waals surface area contributed by atoms with E-state index in [1.807, 2.05) is 0 Å². The van der Waals surface area contributed by atoms with Crippen LogP contribution in [0, 0.1) is 0 Å². The minimum absolute atomic E-state index is 0.132. The van der Waals surface area contributed by atoms with Crippen LogP contribution in [-0.4, -0.2) is 27.2 Å². The van der Waals surface area contributed by atoms with Crippen molar-refractivity contribution in [3.63, 3.8) is 0 Å². The monoisotopic (exact) mass is 422 g/mol. The van der Waals surface area contributed by atoms with E-state index in [9.17, 15) is 26.4 Å². The Balaban J connectivity index is 1.53. The number of carbonyl (C=O) groups is 1. The predicted octanol–water partition coefficient (Wildman–Crippen LogP) is 3.89. The van der Waals surface area contributed by atoms with Crippen molar-refractivity contribution < 1.29 is 31.1 Å². The van der Waals surface area contributed by atoms with Crippen LogP contribution in [0.4, 0.5) is 24.5 Å². The van der Waals surface area contributed by atoms with Crippen LogP contribution in [0.5, 0.6) is 5.75 Å². The van der Waals surface area contributed by atoms with Crippen LogP contribution in [0.25, 0.3) is 10.8 Å². The molecule has 150 valence electrons. The molecule has 1 N–H and O–H groups in total. The van der Waals surface area contributed by atoms with E-state index < -0.39 is 34.6 Å². The molecule has 1 heterocycles. The smallest absolute Gasteiger partial charge is 0.406 e. The Morgan fingerprint density at radius 3 is 2.31 bits per heavy atom. The molecule has 0 saturated carbocycles. The lowest BCUT2D eigenvalue weighted by Gasteiger charge is -2.18. The lowest BCUT2D eigenvalue weighted by Crippen LogP contribution is -2.35. The first-order chi connectivity index (χ1) is 13.6. The molecule has 10 heteroatoms. The molecule has 0 spiro atoms. The van der Waals surface area contributed by atoms with Gasteiger partial charge in [0.05, 0.1) is 10.6 Å². The van der Waals surface area contributed by atoms with Gasteiger partial charge in [0, 0.05) is 11.1 Å². The highest BCUT2D eigenvalue weighted by molar-refractivity contribution is 7.93. The van der Waals surface area contributed by atoms with Crippen molar-refractivity contribution >= 4 is 38.1 Å². The van der Waals surface area contributed by atoms with Crippen molar-refractivity contribution in [1.29, 1.82) is 0 Å². The molecule has 3 aromatic carbocycles. The van der Waals surface area contributed by atoms with E-state index in [1.165, 1.54) is 18.2 Å². The number of alkyl halides is 3. The number of sulfonamides is 1. The van der Waals surface area contributed by atoms with Crippen molar-refractivity contribution in [3.05, 3.63) is 60.7 Å². The molecular weight excluding hydrogens is 409 g/mol. The molecule has 3 aromatic rings. The molecular formula is C19H13F3N2O4S. The topological polar surface area (TPSA) is 75.7 Å². The molecule has 0 aromatic heterocycles. The van der Waals surface area contributed by atoms with Crippen molar-refractivity contribution in [1.82, 2.24) is 0 Å². The Bertz CT molecular complexity index is 1200. The predicted molar refractivity (Wildman–Crippen MR) is 100 cm³/mol. The van der Waals surface area contributed by atoms with E-state index in [1.54, 1.807) is 30.3 Å². The average molecular weight is 422 g/mol. The average Bonchev–Trinajstić information content (AvgIpc) is 2.86. The van der Waals surface area contributed by atoms with Crippen LogP contribution >= 0.6 is 0 Å². The van der Waals surface area contributed by atoms with Gasteiger partial charge in [0.15, 0.2) is 0 Å². The van der Waals surface area contributed by atoms with Gasteiger partial charge in [0.25, 0.3) is 10.0 Å². The maximum atomic E-state index is 12.9. The summed E-state index contributed by atoms with van der Waals surface area (Å²) in [4.78, 5) is 12.5. The second kappa shape index (κ2) is 6.66. The van der Waals surface area contributed by atoms with E-state index in [-0.39, 0.29) is 10.6 Å². The van der Waals surface area contributed by atoms with Gasteiger partial charge in [-0.3, -0.25) is 9.10 Å². The van der Waals surface area contributed by atoms with Gasteiger partial charge in [-0.05, 0) is 41.8 Å². The van der Waals surface area contributed by atoms with Gasteiger partial charge in [-0.15, -0.1) is 13.2 Å². The Hall–Kier alpha value is -3.27. The molecule has 1 amide bonds. The third-order valence-electron chi connectivity index (χ3n) is 4.34. The van der Waals surface area contributed by atoms with Crippen LogP contribution in [0.15, 0.2) is 65.6 Å². The highest BCUT2D eigenvalue weighted by atomic mass is 32.2. The molecule has 0 bridgehead atoms. The summed E-state index contributed by atoms with van der Waals surface area (Å²) >= 11 is 0. The summed E-state index contributed by atoms with van der Waals surface area (Å²) in [5.74, 6) is -1.07. The zero-order valence-electron chi connectivity index (χ0n) is 14.6. The Morgan fingerprint density at radius 2 is 1.66 bits per heavy atom. The molecule has 0 aliphatic carbocycles. The Morgan fingerprint density at radius 1 is 1.00 bits per heavy atom. The summed E-state index contributed by atoms with van der Waals surface area (Å²) in [6.07, 6.45) is -4.81. The van der Waals surface area contributed by atoms with Gasteiger partial charge in [-0.25, -0.2) is 8.42 Å². The number of nitrogens with one attached hydrogen (secondary N) is 1. The zero-order chi connectivity index (χ0) is 20.8. The number of hydrogen-bond acceptors (Lipinski definition) is 4. The van der Waals surface area contributed by atoms with Gasteiger partial charge in [0.1, 0.15) is 12.3 Å². The second-order valence-corrected chi connectivity index (χ2v) is 8.09. The summed E-state index contributed by atoms with van der Waals surface area (Å²) in [5, 5.41) is 3.77. The van der Waals surface area contributed by atoms with Crippen LogP contribution in [0.3, 0.4) is 0 Å². The van der Waals surface area contributed by atoms with E-state index in [2.05, 4.69) is 10.1 Å². The normalized spacial score (nSPS) is 14.8. The fourth-order valence-electron chi connectivity index (χ4n) is 3.20. The van der Waals surface area contributed by atoms with Crippen molar-refractivity contribution in [2.45, 2.75) is 11.3 Å². The summed E-state index contributed by atoms with van der Waals surface area (Å²) in [7, 11) is -3.89. The minimum atomic E-state index is -4.81. The largest absolute Gasteiger partial charge is 0.573 e. The highest BCUT2D eigenvalue weighted by Gasteiger charge is 2.36. The molecule has 0 saturated heterocycles. The molecule has 0 radical (unpaired) electrons. The fraction of sp³-hybridized carbons (Fsp3) is 0.105. The number of rotatable bonds is 4. The number of halogens is 3. The SMILES string of the molecule is O=C(CN1c2cccc3cccc(c23)S1(=O)=O)Nc1ccc(OC(F)(F)F)cc1. The minimum Gasteiger partial charge on any atom is -0.406 e. The Kier molecular flexibility index (Phi) is 4.38. The molecule has 0 unspecified atom stereocenters. The first-order valence-corrected chi connectivity index (χ1v) is 9.79. The fourth-order valence-corrected chi connectivity index (χ4v) is 4.87. The summed E-state index contributed by atoms with van der Waals surface area (Å²) in [6, 6.07) is 14.6. The van der Waals surface area contributed by atoms with E-state index >= 15 is 0 Å². The number of anilines is 2. The van der Waals surface area contributed by atoms with Crippen LogP contribution in [0.1, 0.15) is 0 Å². The standard InChI is InChI=1S/C19H13F3N2O4S/c20-19(21,22)28-14-9-7-13(8-10-14)23-17(25)11-24-15-5-1-3-12-4-2-6-16(18(12)15)29(24,26)27/h1-10H,11H2,(H,23,25). The van der Waals surface area contributed by atoms with E-state index in [4.69, 9.17) is 0 Å². The second-order valence-electron chi connectivity index (χ2n) is 6.26. The van der Waals surface area contributed by atoms with E-state index in [0.29, 0.717) is 11.1 Å². The molecule has 0 fully saturated rings. The number of benzene rings is 3. The number of carbonyl (C=O) groups excluding carboxylic acids is 1. The van der Waals surface area contributed by atoms with Crippen molar-refractivity contribution in [3.8, 4) is 5.75 Å². The summed E-state index contributed by atoms with van der Waals surface area (Å²) in [6.45, 7) is -0.475. The van der Waals surface area contributed by atoms with Gasteiger partial charge >= 0.3 is 6.36 Å². The third kappa shape index (κ3) is 3.58. The summed E-state index contributed by atoms with van der Waals surface area (Å²) < 4.78 is 67.1.